The van der Waals surface area contributed by atoms with Crippen molar-refractivity contribution >= 4 is 23.8 Å². The second-order valence-corrected chi connectivity index (χ2v) is 11.4. The Balaban J connectivity index is 2.55. The van der Waals surface area contributed by atoms with Gasteiger partial charge in [-0.3, -0.25) is 19.2 Å². The number of terminal acetylenes is 1. The Bertz CT molecular complexity index is 1330. The summed E-state index contributed by atoms with van der Waals surface area (Å²) < 4.78 is 46.4. The number of carbonyl (C=O) groups excluding carboxylic acids is 4. The zero-order valence-corrected chi connectivity index (χ0v) is 29.9. The van der Waals surface area contributed by atoms with Crippen LogP contribution < -0.4 is 10.1 Å². The molecule has 2 rings (SSSR count). The van der Waals surface area contributed by atoms with E-state index in [-0.39, 0.29) is 58.7 Å². The fourth-order valence-electron chi connectivity index (χ4n) is 4.99. The summed E-state index contributed by atoms with van der Waals surface area (Å²) in [6.07, 6.45) is -0.115. The summed E-state index contributed by atoms with van der Waals surface area (Å²) in [5, 5.41) is 6.34. The number of esters is 3. The number of nitrogens with zero attached hydrogens (tertiary/aromatic N) is 3. The van der Waals surface area contributed by atoms with Gasteiger partial charge < -0.3 is 43.2 Å². The Morgan fingerprint density at radius 2 is 1.61 bits per heavy atom. The quantitative estimate of drug-likeness (QED) is 0.0325. The molecule has 1 heterocycles. The molecule has 1 aromatic rings. The van der Waals surface area contributed by atoms with Gasteiger partial charge in [0.05, 0.1) is 39.8 Å². The first-order valence-corrected chi connectivity index (χ1v) is 17.0. The van der Waals surface area contributed by atoms with Crippen molar-refractivity contribution < 1.29 is 57.1 Å². The monoisotopic (exact) mass is 718 g/mol. The van der Waals surface area contributed by atoms with E-state index in [1.807, 2.05) is 0 Å². The third-order valence-corrected chi connectivity index (χ3v) is 7.74. The zero-order valence-electron chi connectivity index (χ0n) is 29.9. The molecule has 1 aliphatic heterocycles. The van der Waals surface area contributed by atoms with Gasteiger partial charge >= 0.3 is 17.9 Å². The van der Waals surface area contributed by atoms with Crippen LogP contribution in [-0.4, -0.2) is 100 Å². The van der Waals surface area contributed by atoms with Crippen LogP contribution in [0.5, 0.6) is 5.75 Å². The molecule has 1 amide bonds. The lowest BCUT2D eigenvalue weighted by molar-refractivity contribution is -0.284. The van der Waals surface area contributed by atoms with E-state index in [9.17, 15) is 19.2 Å². The minimum absolute atomic E-state index is 0.0252. The van der Waals surface area contributed by atoms with Crippen LogP contribution in [0.15, 0.2) is 29.4 Å². The molecular formula is C35H50N4O12. The predicted octanol–water partition coefficient (Wildman–Crippen LogP) is 3.92. The number of amides is 1. The van der Waals surface area contributed by atoms with Crippen LogP contribution in [0, 0.1) is 12.3 Å². The maximum Gasteiger partial charge on any atom is 0.310 e. The molecule has 4 unspecified atom stereocenters. The third-order valence-electron chi connectivity index (χ3n) is 7.74. The molecule has 1 aliphatic rings. The summed E-state index contributed by atoms with van der Waals surface area (Å²) in [6.45, 7) is 6.50. The number of nitrogens with one attached hydrogen (secondary N) is 1. The summed E-state index contributed by atoms with van der Waals surface area (Å²) in [7, 11) is 1.55. The van der Waals surface area contributed by atoms with E-state index in [1.54, 1.807) is 59.1 Å². The average Bonchev–Trinajstić information content (AvgIpc) is 3.13. The van der Waals surface area contributed by atoms with E-state index in [2.05, 4.69) is 21.3 Å². The van der Waals surface area contributed by atoms with Crippen molar-refractivity contribution in [2.45, 2.75) is 116 Å². The highest BCUT2D eigenvalue weighted by Crippen LogP contribution is 2.29. The van der Waals surface area contributed by atoms with Gasteiger partial charge in [0.25, 0.3) is 0 Å². The summed E-state index contributed by atoms with van der Waals surface area (Å²) in [6, 6.07) is 5.93. The summed E-state index contributed by atoms with van der Waals surface area (Å²) >= 11 is 0. The number of rotatable bonds is 23. The van der Waals surface area contributed by atoms with E-state index in [4.69, 9.17) is 49.8 Å². The van der Waals surface area contributed by atoms with Crippen LogP contribution in [-0.2, 0) is 58.9 Å². The first-order chi connectivity index (χ1) is 24.6. The van der Waals surface area contributed by atoms with Gasteiger partial charge in [-0.25, -0.2) is 0 Å². The Kier molecular flexibility index (Phi) is 20.1. The normalized spacial score (nSPS) is 20.8. The topological polar surface area (TPSA) is 203 Å². The number of azide groups is 1. The van der Waals surface area contributed by atoms with E-state index >= 15 is 0 Å². The first-order valence-electron chi connectivity index (χ1n) is 17.0. The maximum absolute atomic E-state index is 13.6. The number of methoxy groups -OCH3 is 1. The standard InChI is InChI=1S/C35H50N4O12/c1-7-17-45-22-27-33(47-21-23-12-14-26(44-6)15-13-23)34(51-31(43)20-25(9-3)49-30(42)11-5)32(35(50-27)46-18-16-37-39-36)38-28(40)19-24(8-2)48-29(41)10-4/h1,12-15,24-25,27,32-35H,8-11,16-22H2,2-6H3,(H,38,40)/t24-,25-,27?,32?,33?,34?,35-/m1/s1. The Labute approximate surface area is 298 Å². The number of ether oxygens (including phenoxy) is 8. The summed E-state index contributed by atoms with van der Waals surface area (Å²) in [5.74, 6) is 0.803. The molecule has 16 heteroatoms. The molecule has 51 heavy (non-hydrogen) atoms. The van der Waals surface area contributed by atoms with E-state index in [1.165, 1.54) is 0 Å². The maximum atomic E-state index is 13.6. The number of carbonyl (C=O) groups is 4. The van der Waals surface area contributed by atoms with Crippen molar-refractivity contribution in [2.24, 2.45) is 5.11 Å². The molecule has 1 aromatic carbocycles. The second-order valence-electron chi connectivity index (χ2n) is 11.4. The minimum Gasteiger partial charge on any atom is -0.497 e. The number of benzene rings is 1. The van der Waals surface area contributed by atoms with Gasteiger partial charge in [0.15, 0.2) is 12.4 Å². The molecule has 0 spiro atoms. The van der Waals surface area contributed by atoms with Gasteiger partial charge in [-0.05, 0) is 36.1 Å². The Hall–Kier alpha value is -4.39. The third kappa shape index (κ3) is 15.2. The van der Waals surface area contributed by atoms with Crippen molar-refractivity contribution in [2.75, 3.05) is 33.5 Å². The molecule has 0 aromatic heterocycles. The van der Waals surface area contributed by atoms with Crippen LogP contribution in [0.25, 0.3) is 10.4 Å². The molecule has 16 nitrogen and oxygen atoms in total. The van der Waals surface area contributed by atoms with Crippen molar-refractivity contribution in [3.63, 3.8) is 0 Å². The van der Waals surface area contributed by atoms with Crippen LogP contribution in [0.2, 0.25) is 0 Å². The van der Waals surface area contributed by atoms with E-state index in [0.29, 0.717) is 18.6 Å². The van der Waals surface area contributed by atoms with Crippen molar-refractivity contribution in [3.8, 4) is 18.1 Å². The lowest BCUT2D eigenvalue weighted by Gasteiger charge is -2.46. The van der Waals surface area contributed by atoms with Gasteiger partial charge in [0, 0.05) is 24.3 Å². The fraction of sp³-hybridized carbons (Fsp3) is 0.657. The van der Waals surface area contributed by atoms with Crippen molar-refractivity contribution in [1.82, 2.24) is 5.32 Å². The van der Waals surface area contributed by atoms with Crippen molar-refractivity contribution in [1.29, 1.82) is 0 Å². The Morgan fingerprint density at radius 1 is 0.961 bits per heavy atom. The average molecular weight is 719 g/mol. The first kappa shape index (κ1) is 42.8. The zero-order chi connectivity index (χ0) is 37.6. The van der Waals surface area contributed by atoms with Gasteiger partial charge in [-0.2, -0.15) is 0 Å². The molecule has 282 valence electrons. The molecule has 1 saturated heterocycles. The van der Waals surface area contributed by atoms with Crippen LogP contribution in [0.3, 0.4) is 0 Å². The summed E-state index contributed by atoms with van der Waals surface area (Å²) in [5.41, 5.74) is 9.53. The number of hydrogen-bond acceptors (Lipinski definition) is 13. The predicted molar refractivity (Wildman–Crippen MR) is 182 cm³/mol. The highest BCUT2D eigenvalue weighted by atomic mass is 16.7. The van der Waals surface area contributed by atoms with Gasteiger partial charge in [0.2, 0.25) is 5.91 Å². The summed E-state index contributed by atoms with van der Waals surface area (Å²) in [4.78, 5) is 53.9. The molecule has 0 radical (unpaired) electrons. The number of hydrogen-bond donors (Lipinski definition) is 1. The molecule has 1 N–H and O–H groups in total. The van der Waals surface area contributed by atoms with Gasteiger partial charge in [-0.1, -0.05) is 50.9 Å². The van der Waals surface area contributed by atoms with Crippen LogP contribution in [0.4, 0.5) is 0 Å². The Morgan fingerprint density at radius 3 is 2.18 bits per heavy atom. The van der Waals surface area contributed by atoms with Crippen LogP contribution in [0.1, 0.15) is 71.8 Å². The van der Waals surface area contributed by atoms with E-state index < -0.39 is 66.7 Å². The second kappa shape index (κ2) is 23.9. The van der Waals surface area contributed by atoms with E-state index in [0.717, 1.165) is 5.56 Å². The van der Waals surface area contributed by atoms with Gasteiger partial charge in [0.1, 0.15) is 42.8 Å². The smallest absolute Gasteiger partial charge is 0.310 e. The lowest BCUT2D eigenvalue weighted by Crippen LogP contribution is -2.66. The highest BCUT2D eigenvalue weighted by molar-refractivity contribution is 5.78. The SMILES string of the molecule is C#CCOCC1O[C@@H](OCCN=[N+]=[N-])C(NC(=O)C[C@@H](CC)OC(=O)CC)C(OC(=O)C[C@@H](CC)OC(=O)CC)C1OCc1ccc(OC)cc1. The molecule has 7 atom stereocenters. The van der Waals surface area contributed by atoms with Crippen LogP contribution >= 0.6 is 0 Å². The highest BCUT2D eigenvalue weighted by Gasteiger charge is 2.50. The minimum atomic E-state index is -1.26. The van der Waals surface area contributed by atoms with Gasteiger partial charge in [-0.15, -0.1) is 6.42 Å². The lowest BCUT2D eigenvalue weighted by atomic mass is 9.95. The molecule has 0 bridgehead atoms. The molecule has 1 fully saturated rings. The molecule has 0 aliphatic carbocycles. The molecule has 0 saturated carbocycles. The largest absolute Gasteiger partial charge is 0.497 e. The molecular weight excluding hydrogens is 668 g/mol. The van der Waals surface area contributed by atoms with Crippen molar-refractivity contribution in [3.05, 3.63) is 40.3 Å². The fourth-order valence-corrected chi connectivity index (χ4v) is 4.99.